The van der Waals surface area contributed by atoms with Gasteiger partial charge in [0.1, 0.15) is 0 Å². The van der Waals surface area contributed by atoms with Crippen LogP contribution in [0.25, 0.3) is 0 Å². The lowest BCUT2D eigenvalue weighted by atomic mass is 9.85. The molecule has 0 aromatic carbocycles. The third-order valence-corrected chi connectivity index (χ3v) is 2.92. The van der Waals surface area contributed by atoms with Crippen molar-refractivity contribution in [1.82, 2.24) is 9.97 Å². The Morgan fingerprint density at radius 3 is 2.27 bits per heavy atom. The molecule has 0 saturated heterocycles. The number of hydrogen-bond donors (Lipinski definition) is 2. The molecule has 86 valence electrons. The average Bonchev–Trinajstić information content (AvgIpc) is 2.50. The SMILES string of the molecule is Cc1cnc(NCC(C(C)C)C(C)C)[nH]1. The number of hydrogen-bond acceptors (Lipinski definition) is 2. The maximum absolute atomic E-state index is 4.24. The highest BCUT2D eigenvalue weighted by Crippen LogP contribution is 2.20. The smallest absolute Gasteiger partial charge is 0.200 e. The van der Waals surface area contributed by atoms with Crippen molar-refractivity contribution in [1.29, 1.82) is 0 Å². The molecule has 1 aromatic rings. The molecule has 0 atom stereocenters. The lowest BCUT2D eigenvalue weighted by Gasteiger charge is -2.24. The van der Waals surface area contributed by atoms with Gasteiger partial charge < -0.3 is 10.3 Å². The summed E-state index contributed by atoms with van der Waals surface area (Å²) in [6.07, 6.45) is 1.85. The Bertz CT molecular complexity index is 281. The Kier molecular flexibility index (Phi) is 4.18. The number of aromatic nitrogens is 2. The van der Waals surface area contributed by atoms with Gasteiger partial charge in [0.05, 0.1) is 0 Å². The minimum absolute atomic E-state index is 0.690. The lowest BCUT2D eigenvalue weighted by Crippen LogP contribution is -2.24. The number of imidazole rings is 1. The van der Waals surface area contributed by atoms with Crippen molar-refractivity contribution in [2.45, 2.75) is 34.6 Å². The van der Waals surface area contributed by atoms with E-state index in [1.165, 1.54) is 0 Å². The molecule has 1 rings (SSSR count). The van der Waals surface area contributed by atoms with Gasteiger partial charge in [-0.05, 0) is 24.7 Å². The molecule has 0 spiro atoms. The first kappa shape index (κ1) is 12.1. The molecule has 2 N–H and O–H groups in total. The zero-order chi connectivity index (χ0) is 11.4. The minimum atomic E-state index is 0.690. The van der Waals surface area contributed by atoms with Gasteiger partial charge in [-0.2, -0.15) is 0 Å². The number of aryl methyl sites for hydroxylation is 1. The Labute approximate surface area is 92.7 Å². The zero-order valence-corrected chi connectivity index (χ0v) is 10.5. The van der Waals surface area contributed by atoms with E-state index in [9.17, 15) is 0 Å². The van der Waals surface area contributed by atoms with E-state index in [1.54, 1.807) is 0 Å². The minimum Gasteiger partial charge on any atom is -0.356 e. The summed E-state index contributed by atoms with van der Waals surface area (Å²) < 4.78 is 0. The summed E-state index contributed by atoms with van der Waals surface area (Å²) in [5, 5.41) is 3.36. The number of rotatable bonds is 5. The zero-order valence-electron chi connectivity index (χ0n) is 10.5. The predicted octanol–water partition coefficient (Wildman–Crippen LogP) is 3.06. The van der Waals surface area contributed by atoms with Crippen LogP contribution < -0.4 is 5.32 Å². The Morgan fingerprint density at radius 2 is 1.87 bits per heavy atom. The van der Waals surface area contributed by atoms with Crippen LogP contribution in [-0.2, 0) is 0 Å². The number of H-pyrrole nitrogens is 1. The quantitative estimate of drug-likeness (QED) is 0.782. The van der Waals surface area contributed by atoms with Gasteiger partial charge in [0, 0.05) is 18.4 Å². The van der Waals surface area contributed by atoms with Crippen molar-refractivity contribution in [3.8, 4) is 0 Å². The molecule has 1 aromatic heterocycles. The summed E-state index contributed by atoms with van der Waals surface area (Å²) in [4.78, 5) is 7.43. The lowest BCUT2D eigenvalue weighted by molar-refractivity contribution is 0.304. The van der Waals surface area contributed by atoms with Crippen LogP contribution in [-0.4, -0.2) is 16.5 Å². The van der Waals surface area contributed by atoms with Gasteiger partial charge in [0.15, 0.2) is 5.95 Å². The van der Waals surface area contributed by atoms with E-state index in [0.29, 0.717) is 17.8 Å². The second-order valence-electron chi connectivity index (χ2n) is 4.95. The number of anilines is 1. The largest absolute Gasteiger partial charge is 0.356 e. The summed E-state index contributed by atoms with van der Waals surface area (Å²) in [7, 11) is 0. The molecule has 1 heterocycles. The molecular weight excluding hydrogens is 186 g/mol. The van der Waals surface area contributed by atoms with E-state index < -0.39 is 0 Å². The Balaban J connectivity index is 2.47. The van der Waals surface area contributed by atoms with Crippen LogP contribution in [0.15, 0.2) is 6.20 Å². The molecule has 0 aliphatic heterocycles. The Morgan fingerprint density at radius 1 is 1.27 bits per heavy atom. The van der Waals surface area contributed by atoms with Crippen LogP contribution in [0.5, 0.6) is 0 Å². The fraction of sp³-hybridized carbons (Fsp3) is 0.750. The van der Waals surface area contributed by atoms with Crippen molar-refractivity contribution >= 4 is 5.95 Å². The van der Waals surface area contributed by atoms with Gasteiger partial charge in [-0.3, -0.25) is 0 Å². The monoisotopic (exact) mass is 209 g/mol. The fourth-order valence-corrected chi connectivity index (χ4v) is 1.96. The highest BCUT2D eigenvalue weighted by atomic mass is 15.1. The van der Waals surface area contributed by atoms with E-state index in [2.05, 4.69) is 43.0 Å². The summed E-state index contributed by atoms with van der Waals surface area (Å²) >= 11 is 0. The highest BCUT2D eigenvalue weighted by Gasteiger charge is 2.17. The standard InChI is InChI=1S/C12H23N3/c1-8(2)11(9(3)4)7-14-12-13-6-10(5)15-12/h6,8-9,11H,7H2,1-5H3,(H2,13,14,15). The summed E-state index contributed by atoms with van der Waals surface area (Å²) in [5.74, 6) is 2.98. The van der Waals surface area contributed by atoms with Crippen molar-refractivity contribution in [2.24, 2.45) is 17.8 Å². The van der Waals surface area contributed by atoms with Crippen molar-refractivity contribution < 1.29 is 0 Å². The van der Waals surface area contributed by atoms with Crippen molar-refractivity contribution in [2.75, 3.05) is 11.9 Å². The predicted molar refractivity (Wildman–Crippen MR) is 65.0 cm³/mol. The highest BCUT2D eigenvalue weighted by molar-refractivity contribution is 5.25. The maximum Gasteiger partial charge on any atom is 0.200 e. The number of aromatic amines is 1. The molecule has 0 amide bonds. The van der Waals surface area contributed by atoms with E-state index in [4.69, 9.17) is 0 Å². The van der Waals surface area contributed by atoms with Crippen LogP contribution in [0.3, 0.4) is 0 Å². The average molecular weight is 209 g/mol. The molecule has 3 nitrogen and oxygen atoms in total. The molecule has 0 radical (unpaired) electrons. The summed E-state index contributed by atoms with van der Waals surface area (Å²) in [5.41, 5.74) is 1.10. The normalized spacial score (nSPS) is 11.7. The van der Waals surface area contributed by atoms with Gasteiger partial charge in [-0.15, -0.1) is 0 Å². The first-order chi connectivity index (χ1) is 7.00. The van der Waals surface area contributed by atoms with Crippen LogP contribution in [0.2, 0.25) is 0 Å². The van der Waals surface area contributed by atoms with E-state index in [1.807, 2.05) is 13.1 Å². The van der Waals surface area contributed by atoms with Gasteiger partial charge in [-0.1, -0.05) is 27.7 Å². The second-order valence-corrected chi connectivity index (χ2v) is 4.95. The summed E-state index contributed by atoms with van der Waals surface area (Å²) in [6.45, 7) is 12.1. The topological polar surface area (TPSA) is 40.7 Å². The third kappa shape index (κ3) is 3.57. The van der Waals surface area contributed by atoms with Crippen LogP contribution in [0.1, 0.15) is 33.4 Å². The van der Waals surface area contributed by atoms with E-state index in [-0.39, 0.29) is 0 Å². The van der Waals surface area contributed by atoms with E-state index in [0.717, 1.165) is 18.2 Å². The first-order valence-electron chi connectivity index (χ1n) is 5.76. The molecule has 3 heteroatoms. The van der Waals surface area contributed by atoms with Gasteiger partial charge in [0.25, 0.3) is 0 Å². The van der Waals surface area contributed by atoms with Gasteiger partial charge in [-0.25, -0.2) is 4.98 Å². The fourth-order valence-electron chi connectivity index (χ4n) is 1.96. The molecule has 0 aliphatic carbocycles. The van der Waals surface area contributed by atoms with Crippen LogP contribution in [0.4, 0.5) is 5.95 Å². The van der Waals surface area contributed by atoms with E-state index >= 15 is 0 Å². The first-order valence-corrected chi connectivity index (χ1v) is 5.76. The summed E-state index contributed by atoms with van der Waals surface area (Å²) in [6, 6.07) is 0. The molecular formula is C12H23N3. The molecule has 0 saturated carbocycles. The van der Waals surface area contributed by atoms with Crippen LogP contribution >= 0.6 is 0 Å². The van der Waals surface area contributed by atoms with Crippen molar-refractivity contribution in [3.63, 3.8) is 0 Å². The molecule has 0 fully saturated rings. The third-order valence-electron chi connectivity index (χ3n) is 2.92. The molecule has 0 unspecified atom stereocenters. The second kappa shape index (κ2) is 5.19. The number of nitrogens with one attached hydrogen (secondary N) is 2. The van der Waals surface area contributed by atoms with Gasteiger partial charge >= 0.3 is 0 Å². The number of nitrogens with zero attached hydrogens (tertiary/aromatic N) is 1. The van der Waals surface area contributed by atoms with Gasteiger partial charge in [0.2, 0.25) is 0 Å². The molecule has 15 heavy (non-hydrogen) atoms. The Hall–Kier alpha value is -0.990. The maximum atomic E-state index is 4.24. The molecule has 0 bridgehead atoms. The van der Waals surface area contributed by atoms with Crippen LogP contribution in [0, 0.1) is 24.7 Å². The van der Waals surface area contributed by atoms with Crippen molar-refractivity contribution in [3.05, 3.63) is 11.9 Å². The molecule has 0 aliphatic rings.